The largest absolute Gasteiger partial charge is 0.307 e. The third-order valence-corrected chi connectivity index (χ3v) is 4.61. The highest BCUT2D eigenvalue weighted by molar-refractivity contribution is 9.10. The molecule has 0 aliphatic heterocycles. The monoisotopic (exact) mass is 327 g/mol. The van der Waals surface area contributed by atoms with Crippen LogP contribution in [0.4, 0.5) is 4.39 Å². The van der Waals surface area contributed by atoms with Crippen molar-refractivity contribution in [2.45, 2.75) is 58.5 Å². The zero-order chi connectivity index (χ0) is 14.0. The molecule has 0 heterocycles. The minimum atomic E-state index is -0.135. The summed E-state index contributed by atoms with van der Waals surface area (Å²) in [5, 5.41) is 3.60. The van der Waals surface area contributed by atoms with Crippen LogP contribution in [0.1, 0.15) is 58.1 Å². The van der Waals surface area contributed by atoms with E-state index in [1.165, 1.54) is 25.7 Å². The van der Waals surface area contributed by atoms with Gasteiger partial charge in [-0.15, -0.1) is 0 Å². The molecule has 3 heteroatoms. The summed E-state index contributed by atoms with van der Waals surface area (Å²) in [5.74, 6) is -0.135. The number of halogens is 2. The Morgan fingerprint density at radius 2 is 2.16 bits per heavy atom. The minimum absolute atomic E-state index is 0.0620. The van der Waals surface area contributed by atoms with Gasteiger partial charge < -0.3 is 5.32 Å². The number of rotatable bonds is 3. The van der Waals surface area contributed by atoms with Crippen LogP contribution in [0, 0.1) is 11.2 Å². The molecule has 0 amide bonds. The first-order valence-electron chi connectivity index (χ1n) is 7.08. The van der Waals surface area contributed by atoms with Crippen molar-refractivity contribution in [2.24, 2.45) is 5.41 Å². The predicted octanol–water partition coefficient (Wildman–Crippen LogP) is 5.21. The van der Waals surface area contributed by atoms with Crippen molar-refractivity contribution >= 4 is 15.9 Å². The molecule has 2 rings (SSSR count). The van der Waals surface area contributed by atoms with Crippen molar-refractivity contribution in [1.29, 1.82) is 0 Å². The number of nitrogens with one attached hydrogen (secondary N) is 1. The van der Waals surface area contributed by atoms with Gasteiger partial charge in [-0.2, -0.15) is 0 Å². The fourth-order valence-electron chi connectivity index (χ4n) is 3.14. The second-order valence-electron chi connectivity index (χ2n) is 6.51. The Morgan fingerprint density at radius 3 is 2.79 bits per heavy atom. The maximum Gasteiger partial charge on any atom is 0.129 e. The summed E-state index contributed by atoms with van der Waals surface area (Å²) in [6.45, 7) is 6.70. The van der Waals surface area contributed by atoms with E-state index in [1.54, 1.807) is 6.07 Å². The van der Waals surface area contributed by atoms with E-state index in [9.17, 15) is 4.39 Å². The molecule has 2 atom stereocenters. The van der Waals surface area contributed by atoms with Gasteiger partial charge in [0.1, 0.15) is 5.82 Å². The summed E-state index contributed by atoms with van der Waals surface area (Å²) in [5.41, 5.74) is 1.17. The zero-order valence-electron chi connectivity index (χ0n) is 12.0. The molecule has 1 fully saturated rings. The topological polar surface area (TPSA) is 12.0 Å². The van der Waals surface area contributed by atoms with Gasteiger partial charge in [-0.1, -0.05) is 42.3 Å². The van der Waals surface area contributed by atoms with E-state index in [0.29, 0.717) is 11.5 Å². The maximum absolute atomic E-state index is 13.9. The van der Waals surface area contributed by atoms with E-state index in [0.717, 1.165) is 10.0 Å². The molecule has 1 aromatic rings. The molecule has 1 aliphatic rings. The number of benzene rings is 1. The molecular weight excluding hydrogens is 305 g/mol. The first-order chi connectivity index (χ1) is 8.87. The van der Waals surface area contributed by atoms with Crippen LogP contribution in [0.2, 0.25) is 0 Å². The molecule has 1 aromatic carbocycles. The Balaban J connectivity index is 2.02. The standard InChI is InChI=1S/C16H23BrFN/c1-11(14-7-6-12(17)9-15(14)18)19-13-5-4-8-16(2,3)10-13/h6-7,9,11,13,19H,4-5,8,10H2,1-3H3. The zero-order valence-corrected chi connectivity index (χ0v) is 13.6. The van der Waals surface area contributed by atoms with Crippen molar-refractivity contribution in [3.8, 4) is 0 Å². The van der Waals surface area contributed by atoms with E-state index >= 15 is 0 Å². The molecule has 1 N–H and O–H groups in total. The molecule has 0 radical (unpaired) electrons. The summed E-state index contributed by atoms with van der Waals surface area (Å²) in [7, 11) is 0. The van der Waals surface area contributed by atoms with Crippen LogP contribution in [0.15, 0.2) is 22.7 Å². The summed E-state index contributed by atoms with van der Waals surface area (Å²) in [6, 6.07) is 5.87. The lowest BCUT2D eigenvalue weighted by Crippen LogP contribution is -2.38. The fourth-order valence-corrected chi connectivity index (χ4v) is 3.47. The molecule has 0 aromatic heterocycles. The van der Waals surface area contributed by atoms with Crippen LogP contribution in [0.3, 0.4) is 0 Å². The van der Waals surface area contributed by atoms with Crippen LogP contribution >= 0.6 is 15.9 Å². The van der Waals surface area contributed by atoms with Crippen LogP contribution in [0.25, 0.3) is 0 Å². The average molecular weight is 328 g/mol. The van der Waals surface area contributed by atoms with Gasteiger partial charge in [0.05, 0.1) is 0 Å². The Morgan fingerprint density at radius 1 is 1.42 bits per heavy atom. The van der Waals surface area contributed by atoms with Gasteiger partial charge in [-0.3, -0.25) is 0 Å². The Kier molecular flexibility index (Phi) is 4.67. The lowest BCUT2D eigenvalue weighted by atomic mass is 9.75. The summed E-state index contributed by atoms with van der Waals surface area (Å²) >= 11 is 3.30. The molecule has 1 aliphatic carbocycles. The van der Waals surface area contributed by atoms with Gasteiger partial charge in [0.2, 0.25) is 0 Å². The van der Waals surface area contributed by atoms with E-state index in [-0.39, 0.29) is 11.9 Å². The molecule has 2 unspecified atom stereocenters. The van der Waals surface area contributed by atoms with Gasteiger partial charge in [0.25, 0.3) is 0 Å². The normalized spacial score (nSPS) is 24.2. The number of hydrogen-bond donors (Lipinski definition) is 1. The number of hydrogen-bond acceptors (Lipinski definition) is 1. The lowest BCUT2D eigenvalue weighted by Gasteiger charge is -2.37. The van der Waals surface area contributed by atoms with E-state index in [2.05, 4.69) is 35.1 Å². The van der Waals surface area contributed by atoms with Gasteiger partial charge in [0, 0.05) is 22.1 Å². The molecule has 0 bridgehead atoms. The predicted molar refractivity (Wildman–Crippen MR) is 81.7 cm³/mol. The van der Waals surface area contributed by atoms with Crippen molar-refractivity contribution in [3.05, 3.63) is 34.1 Å². The van der Waals surface area contributed by atoms with Crippen molar-refractivity contribution in [2.75, 3.05) is 0 Å². The van der Waals surface area contributed by atoms with Gasteiger partial charge in [0.15, 0.2) is 0 Å². The smallest absolute Gasteiger partial charge is 0.129 e. The fraction of sp³-hybridized carbons (Fsp3) is 0.625. The molecule has 19 heavy (non-hydrogen) atoms. The third-order valence-electron chi connectivity index (χ3n) is 4.12. The quantitative estimate of drug-likeness (QED) is 0.803. The van der Waals surface area contributed by atoms with Crippen molar-refractivity contribution < 1.29 is 4.39 Å². The summed E-state index contributed by atoms with van der Waals surface area (Å²) in [4.78, 5) is 0. The van der Waals surface area contributed by atoms with Crippen molar-refractivity contribution in [1.82, 2.24) is 5.32 Å². The Labute approximate surface area is 124 Å². The second kappa shape index (κ2) is 5.92. The molecule has 1 saturated carbocycles. The molecule has 0 saturated heterocycles. The van der Waals surface area contributed by atoms with Crippen molar-refractivity contribution in [3.63, 3.8) is 0 Å². The summed E-state index contributed by atoms with van der Waals surface area (Å²) in [6.07, 6.45) is 4.94. The molecule has 106 valence electrons. The van der Waals surface area contributed by atoms with E-state index in [1.807, 2.05) is 19.1 Å². The van der Waals surface area contributed by atoms with E-state index in [4.69, 9.17) is 0 Å². The molecule has 0 spiro atoms. The second-order valence-corrected chi connectivity index (χ2v) is 7.43. The first kappa shape index (κ1) is 15.0. The SMILES string of the molecule is CC(NC1CCCC(C)(C)C1)c1ccc(Br)cc1F. The molecule has 1 nitrogen and oxygen atoms in total. The summed E-state index contributed by atoms with van der Waals surface area (Å²) < 4.78 is 14.7. The van der Waals surface area contributed by atoms with Gasteiger partial charge >= 0.3 is 0 Å². The Hall–Kier alpha value is -0.410. The van der Waals surface area contributed by atoms with E-state index < -0.39 is 0 Å². The highest BCUT2D eigenvalue weighted by Gasteiger charge is 2.28. The third kappa shape index (κ3) is 4.03. The lowest BCUT2D eigenvalue weighted by molar-refractivity contribution is 0.190. The van der Waals surface area contributed by atoms with Crippen LogP contribution in [-0.4, -0.2) is 6.04 Å². The highest BCUT2D eigenvalue weighted by atomic mass is 79.9. The van der Waals surface area contributed by atoms with Crippen LogP contribution < -0.4 is 5.32 Å². The Bertz CT molecular complexity index is 444. The minimum Gasteiger partial charge on any atom is -0.307 e. The van der Waals surface area contributed by atoms with Gasteiger partial charge in [-0.25, -0.2) is 4.39 Å². The maximum atomic E-state index is 13.9. The van der Waals surface area contributed by atoms with Gasteiger partial charge in [-0.05, 0) is 43.7 Å². The first-order valence-corrected chi connectivity index (χ1v) is 7.88. The van der Waals surface area contributed by atoms with Crippen LogP contribution in [0.5, 0.6) is 0 Å². The highest BCUT2D eigenvalue weighted by Crippen LogP contribution is 2.36. The average Bonchev–Trinajstić information content (AvgIpc) is 2.27. The van der Waals surface area contributed by atoms with Crippen LogP contribution in [-0.2, 0) is 0 Å². The molecular formula is C16H23BrFN.